The van der Waals surface area contributed by atoms with Gasteiger partial charge in [-0.2, -0.15) is 0 Å². The van der Waals surface area contributed by atoms with Gasteiger partial charge < -0.3 is 14.9 Å². The Kier molecular flexibility index (Phi) is 6.72. The smallest absolute Gasteiger partial charge is 0.323 e. The van der Waals surface area contributed by atoms with Gasteiger partial charge in [0.2, 0.25) is 11.8 Å². The van der Waals surface area contributed by atoms with Crippen LogP contribution in [-0.2, 0) is 20.8 Å². The average molecular weight is 353 g/mol. The van der Waals surface area contributed by atoms with Crippen LogP contribution < -0.4 is 0 Å². The van der Waals surface area contributed by atoms with Crippen LogP contribution in [0.1, 0.15) is 38.3 Å². The Morgan fingerprint density at radius 1 is 1.38 bits per heavy atom. The molecule has 1 fully saturated rings. The molecule has 2 rings (SSSR count). The SMILES string of the molecule is CC(=O)N(CC(=O)O)C1CCCN(C(=O)CCc2cscn2)CC1. The molecule has 1 aliphatic rings. The molecule has 1 aliphatic heterocycles. The van der Waals surface area contributed by atoms with E-state index < -0.39 is 5.97 Å². The van der Waals surface area contributed by atoms with Crippen molar-refractivity contribution in [1.82, 2.24) is 14.8 Å². The Morgan fingerprint density at radius 3 is 2.79 bits per heavy atom. The molecule has 7 nitrogen and oxygen atoms in total. The van der Waals surface area contributed by atoms with Crippen molar-refractivity contribution in [3.05, 3.63) is 16.6 Å². The number of aromatic nitrogens is 1. The van der Waals surface area contributed by atoms with Crippen molar-refractivity contribution in [1.29, 1.82) is 0 Å². The van der Waals surface area contributed by atoms with Crippen molar-refractivity contribution in [3.8, 4) is 0 Å². The van der Waals surface area contributed by atoms with Gasteiger partial charge in [0.1, 0.15) is 6.54 Å². The monoisotopic (exact) mass is 353 g/mol. The van der Waals surface area contributed by atoms with E-state index >= 15 is 0 Å². The van der Waals surface area contributed by atoms with E-state index in [0.717, 1.165) is 18.5 Å². The van der Waals surface area contributed by atoms with Crippen molar-refractivity contribution in [2.45, 2.75) is 45.1 Å². The van der Waals surface area contributed by atoms with Crippen molar-refractivity contribution >= 4 is 29.1 Å². The van der Waals surface area contributed by atoms with Gasteiger partial charge in [0.05, 0.1) is 11.2 Å². The van der Waals surface area contributed by atoms with Crippen LogP contribution >= 0.6 is 11.3 Å². The highest BCUT2D eigenvalue weighted by Crippen LogP contribution is 2.18. The van der Waals surface area contributed by atoms with Crippen LogP contribution in [0.4, 0.5) is 0 Å². The Labute approximate surface area is 145 Å². The summed E-state index contributed by atoms with van der Waals surface area (Å²) in [6.07, 6.45) is 3.19. The molecule has 0 spiro atoms. The molecule has 0 bridgehead atoms. The fourth-order valence-electron chi connectivity index (χ4n) is 3.04. The van der Waals surface area contributed by atoms with Gasteiger partial charge in [0.15, 0.2) is 0 Å². The van der Waals surface area contributed by atoms with Gasteiger partial charge in [-0.1, -0.05) is 0 Å². The van der Waals surface area contributed by atoms with E-state index in [9.17, 15) is 14.4 Å². The number of amides is 2. The first kappa shape index (κ1) is 18.4. The van der Waals surface area contributed by atoms with Gasteiger partial charge in [-0.05, 0) is 25.7 Å². The highest BCUT2D eigenvalue weighted by atomic mass is 32.1. The zero-order valence-corrected chi connectivity index (χ0v) is 14.6. The van der Waals surface area contributed by atoms with Crippen LogP contribution in [0.25, 0.3) is 0 Å². The summed E-state index contributed by atoms with van der Waals surface area (Å²) < 4.78 is 0. The third kappa shape index (κ3) is 5.30. The Balaban J connectivity index is 1.87. The lowest BCUT2D eigenvalue weighted by molar-refractivity contribution is -0.145. The first-order valence-corrected chi connectivity index (χ1v) is 9.05. The maximum atomic E-state index is 12.4. The number of nitrogens with zero attached hydrogens (tertiary/aromatic N) is 3. The topological polar surface area (TPSA) is 90.8 Å². The van der Waals surface area contributed by atoms with E-state index in [0.29, 0.717) is 32.4 Å². The number of carboxylic acids is 1. The predicted octanol–water partition coefficient (Wildman–Crippen LogP) is 1.39. The first-order valence-electron chi connectivity index (χ1n) is 8.11. The molecular formula is C16H23N3O4S. The van der Waals surface area contributed by atoms with E-state index in [2.05, 4.69) is 4.98 Å². The molecule has 132 valence electrons. The van der Waals surface area contributed by atoms with Crippen LogP contribution in [0.5, 0.6) is 0 Å². The maximum Gasteiger partial charge on any atom is 0.323 e. The molecule has 0 saturated carbocycles. The largest absolute Gasteiger partial charge is 0.480 e. The standard InChI is InChI=1S/C16H23N3O4S/c1-12(20)19(9-16(22)23)14-3-2-7-18(8-6-14)15(21)5-4-13-10-24-11-17-13/h10-11,14H,2-9H2,1H3,(H,22,23). The summed E-state index contributed by atoms with van der Waals surface area (Å²) in [4.78, 5) is 42.4. The second-order valence-corrected chi connectivity index (χ2v) is 6.70. The normalized spacial score (nSPS) is 18.0. The minimum Gasteiger partial charge on any atom is -0.480 e. The molecule has 2 amide bonds. The number of likely N-dealkylation sites (tertiary alicyclic amines) is 1. The molecule has 1 aromatic heterocycles. The summed E-state index contributed by atoms with van der Waals surface area (Å²) in [6.45, 7) is 2.33. The second-order valence-electron chi connectivity index (χ2n) is 5.99. The number of aliphatic carboxylic acids is 1. The molecule has 0 radical (unpaired) electrons. The van der Waals surface area contributed by atoms with Gasteiger partial charge in [-0.25, -0.2) is 4.98 Å². The lowest BCUT2D eigenvalue weighted by atomic mass is 10.1. The zero-order valence-electron chi connectivity index (χ0n) is 13.8. The van der Waals surface area contributed by atoms with Crippen LogP contribution in [-0.4, -0.2) is 63.4 Å². The van der Waals surface area contributed by atoms with Crippen molar-refractivity contribution in [3.63, 3.8) is 0 Å². The molecule has 1 aromatic rings. The summed E-state index contributed by atoms with van der Waals surface area (Å²) in [5.41, 5.74) is 2.69. The molecule has 2 heterocycles. The van der Waals surface area contributed by atoms with Crippen LogP contribution in [0.3, 0.4) is 0 Å². The summed E-state index contributed by atoms with van der Waals surface area (Å²) >= 11 is 1.52. The Hall–Kier alpha value is -1.96. The quantitative estimate of drug-likeness (QED) is 0.834. The Bertz CT molecular complexity index is 576. The number of aryl methyl sites for hydroxylation is 1. The molecule has 24 heavy (non-hydrogen) atoms. The third-order valence-electron chi connectivity index (χ3n) is 4.28. The van der Waals surface area contributed by atoms with Gasteiger partial charge in [0, 0.05) is 37.9 Å². The average Bonchev–Trinajstić information content (AvgIpc) is 2.93. The molecular weight excluding hydrogens is 330 g/mol. The van der Waals surface area contributed by atoms with Gasteiger partial charge >= 0.3 is 5.97 Å². The molecule has 1 N–H and O–H groups in total. The lowest BCUT2D eigenvalue weighted by Crippen LogP contribution is -2.43. The molecule has 1 unspecified atom stereocenters. The van der Waals surface area contributed by atoms with E-state index in [1.807, 2.05) is 10.3 Å². The van der Waals surface area contributed by atoms with E-state index in [-0.39, 0.29) is 24.4 Å². The van der Waals surface area contributed by atoms with Gasteiger partial charge in [-0.15, -0.1) is 11.3 Å². The molecule has 1 atom stereocenters. The minimum absolute atomic E-state index is 0.0938. The molecule has 0 aromatic carbocycles. The summed E-state index contributed by atoms with van der Waals surface area (Å²) in [5, 5.41) is 10.9. The van der Waals surface area contributed by atoms with E-state index in [1.165, 1.54) is 23.2 Å². The molecule has 0 aliphatic carbocycles. The number of thiazole rings is 1. The molecule has 8 heteroatoms. The zero-order chi connectivity index (χ0) is 17.5. The number of hydrogen-bond acceptors (Lipinski definition) is 5. The van der Waals surface area contributed by atoms with Gasteiger partial charge in [0.25, 0.3) is 0 Å². The maximum absolute atomic E-state index is 12.4. The van der Waals surface area contributed by atoms with E-state index in [4.69, 9.17) is 5.11 Å². The lowest BCUT2D eigenvalue weighted by Gasteiger charge is -2.28. The fourth-order valence-corrected chi connectivity index (χ4v) is 3.63. The van der Waals surface area contributed by atoms with Crippen molar-refractivity contribution in [2.75, 3.05) is 19.6 Å². The van der Waals surface area contributed by atoms with Gasteiger partial charge in [-0.3, -0.25) is 14.4 Å². The first-order chi connectivity index (χ1) is 11.5. The fraction of sp³-hybridized carbons (Fsp3) is 0.625. The number of carboxylic acid groups (broad SMARTS) is 1. The summed E-state index contributed by atoms with van der Waals surface area (Å²) in [7, 11) is 0. The number of carbonyl (C=O) groups is 3. The highest BCUT2D eigenvalue weighted by Gasteiger charge is 2.27. The second kappa shape index (κ2) is 8.77. The highest BCUT2D eigenvalue weighted by molar-refractivity contribution is 7.07. The summed E-state index contributed by atoms with van der Waals surface area (Å²) in [6, 6.07) is -0.116. The van der Waals surface area contributed by atoms with Crippen LogP contribution in [0.15, 0.2) is 10.9 Å². The molecule has 1 saturated heterocycles. The number of carbonyl (C=O) groups excluding carboxylic acids is 2. The summed E-state index contributed by atoms with van der Waals surface area (Å²) in [5.74, 6) is -1.15. The Morgan fingerprint density at radius 2 is 2.17 bits per heavy atom. The van der Waals surface area contributed by atoms with Crippen LogP contribution in [0.2, 0.25) is 0 Å². The van der Waals surface area contributed by atoms with Crippen molar-refractivity contribution < 1.29 is 19.5 Å². The minimum atomic E-state index is -1.01. The van der Waals surface area contributed by atoms with Crippen LogP contribution in [0, 0.1) is 0 Å². The predicted molar refractivity (Wildman–Crippen MR) is 89.7 cm³/mol. The van der Waals surface area contributed by atoms with E-state index in [1.54, 1.807) is 5.51 Å². The third-order valence-corrected chi connectivity index (χ3v) is 4.91. The van der Waals surface area contributed by atoms with Crippen molar-refractivity contribution in [2.24, 2.45) is 0 Å². The number of hydrogen-bond donors (Lipinski definition) is 1. The number of rotatable bonds is 6.